The Morgan fingerprint density at radius 3 is 2.90 bits per heavy atom. The van der Waals surface area contributed by atoms with Crippen molar-refractivity contribution in [2.24, 2.45) is 0 Å². The predicted octanol–water partition coefficient (Wildman–Crippen LogP) is 1.23. The molecular weight excluding hydrogens is 126 g/mol. The summed E-state index contributed by atoms with van der Waals surface area (Å²) in [4.78, 5) is 10.9. The van der Waals surface area contributed by atoms with Gasteiger partial charge in [-0.1, -0.05) is 6.08 Å². The maximum Gasteiger partial charge on any atom is 0.220 e. The van der Waals surface area contributed by atoms with Crippen LogP contribution < -0.4 is 5.32 Å². The van der Waals surface area contributed by atoms with Gasteiger partial charge in [-0.2, -0.15) is 0 Å². The fraction of sp³-hybridized carbons (Fsp3) is 0.625. The summed E-state index contributed by atoms with van der Waals surface area (Å²) in [5.74, 6) is 0.169. The highest BCUT2D eigenvalue weighted by Gasteiger charge is 2.22. The quantitative estimate of drug-likeness (QED) is 0.583. The van der Waals surface area contributed by atoms with Gasteiger partial charge in [-0.3, -0.25) is 4.79 Å². The molecule has 1 rings (SSSR count). The van der Waals surface area contributed by atoms with Gasteiger partial charge in [0.1, 0.15) is 0 Å². The topological polar surface area (TPSA) is 29.1 Å². The molecule has 0 aliphatic heterocycles. The van der Waals surface area contributed by atoms with Crippen molar-refractivity contribution in [2.45, 2.75) is 31.7 Å². The van der Waals surface area contributed by atoms with E-state index in [4.69, 9.17) is 0 Å². The van der Waals surface area contributed by atoms with Crippen LogP contribution >= 0.6 is 0 Å². The summed E-state index contributed by atoms with van der Waals surface area (Å²) in [6, 6.07) is 0.498. The van der Waals surface area contributed by atoms with Crippen molar-refractivity contribution in [2.75, 3.05) is 0 Å². The van der Waals surface area contributed by atoms with Crippen molar-refractivity contribution in [3.05, 3.63) is 12.7 Å². The van der Waals surface area contributed by atoms with Crippen LogP contribution in [0.2, 0.25) is 0 Å². The molecule has 0 aromatic rings. The van der Waals surface area contributed by atoms with Crippen LogP contribution in [0.4, 0.5) is 0 Å². The van der Waals surface area contributed by atoms with Crippen LogP contribution in [0.25, 0.3) is 0 Å². The number of rotatable bonds is 4. The molecule has 1 saturated carbocycles. The van der Waals surface area contributed by atoms with Crippen LogP contribution in [0, 0.1) is 0 Å². The molecule has 1 aliphatic carbocycles. The SMILES string of the molecule is C=CCCC(=O)NC1CC1. The van der Waals surface area contributed by atoms with Gasteiger partial charge < -0.3 is 5.32 Å². The third kappa shape index (κ3) is 2.67. The molecule has 2 nitrogen and oxygen atoms in total. The molecule has 1 fully saturated rings. The molecule has 0 spiro atoms. The van der Waals surface area contributed by atoms with E-state index in [1.165, 1.54) is 12.8 Å². The van der Waals surface area contributed by atoms with E-state index in [1.807, 2.05) is 0 Å². The minimum absolute atomic E-state index is 0.169. The van der Waals surface area contributed by atoms with Gasteiger partial charge in [0.05, 0.1) is 0 Å². The lowest BCUT2D eigenvalue weighted by Gasteiger charge is -1.99. The van der Waals surface area contributed by atoms with E-state index < -0.39 is 0 Å². The largest absolute Gasteiger partial charge is 0.353 e. The number of carbonyl (C=O) groups excluding carboxylic acids is 1. The zero-order valence-corrected chi connectivity index (χ0v) is 6.10. The monoisotopic (exact) mass is 139 g/mol. The first kappa shape index (κ1) is 7.32. The minimum atomic E-state index is 0.169. The Kier molecular flexibility index (Phi) is 2.49. The highest BCUT2D eigenvalue weighted by molar-refractivity contribution is 5.76. The van der Waals surface area contributed by atoms with Crippen molar-refractivity contribution in [3.63, 3.8) is 0 Å². The maximum atomic E-state index is 10.9. The van der Waals surface area contributed by atoms with Crippen molar-refractivity contribution in [3.8, 4) is 0 Å². The van der Waals surface area contributed by atoms with Crippen molar-refractivity contribution >= 4 is 5.91 Å². The van der Waals surface area contributed by atoms with Crippen LogP contribution in [0.3, 0.4) is 0 Å². The molecule has 0 aromatic heterocycles. The Balaban J connectivity index is 2.02. The Bertz CT molecular complexity index is 138. The molecular formula is C8H13NO. The molecule has 0 unspecified atom stereocenters. The first-order chi connectivity index (χ1) is 4.83. The lowest BCUT2D eigenvalue weighted by atomic mass is 10.3. The first-order valence-electron chi connectivity index (χ1n) is 3.73. The van der Waals surface area contributed by atoms with Gasteiger partial charge in [0.15, 0.2) is 0 Å². The van der Waals surface area contributed by atoms with Gasteiger partial charge >= 0.3 is 0 Å². The molecule has 10 heavy (non-hydrogen) atoms. The molecule has 56 valence electrons. The Hall–Kier alpha value is -0.790. The molecule has 0 radical (unpaired) electrons. The first-order valence-corrected chi connectivity index (χ1v) is 3.73. The lowest BCUT2D eigenvalue weighted by Crippen LogP contribution is -2.24. The maximum absolute atomic E-state index is 10.9. The molecule has 1 amide bonds. The van der Waals surface area contributed by atoms with E-state index >= 15 is 0 Å². The average Bonchev–Trinajstić information content (AvgIpc) is 2.67. The second-order valence-corrected chi connectivity index (χ2v) is 2.67. The molecule has 0 atom stereocenters. The summed E-state index contributed by atoms with van der Waals surface area (Å²) in [6.45, 7) is 3.55. The van der Waals surface area contributed by atoms with E-state index in [2.05, 4.69) is 11.9 Å². The molecule has 0 bridgehead atoms. The molecule has 0 aromatic carbocycles. The predicted molar refractivity (Wildman–Crippen MR) is 40.6 cm³/mol. The Morgan fingerprint density at radius 2 is 2.40 bits per heavy atom. The van der Waals surface area contributed by atoms with Gasteiger partial charge in [-0.15, -0.1) is 6.58 Å². The van der Waals surface area contributed by atoms with Gasteiger partial charge in [0.25, 0.3) is 0 Å². The standard InChI is InChI=1S/C8H13NO/c1-2-3-4-8(10)9-7-5-6-7/h2,7H,1,3-6H2,(H,9,10). The van der Waals surface area contributed by atoms with Crippen molar-refractivity contribution < 1.29 is 4.79 Å². The summed E-state index contributed by atoms with van der Waals surface area (Å²) >= 11 is 0. The summed E-state index contributed by atoms with van der Waals surface area (Å²) in [5, 5.41) is 2.90. The van der Waals surface area contributed by atoms with Crippen molar-refractivity contribution in [1.29, 1.82) is 0 Å². The van der Waals surface area contributed by atoms with Crippen LogP contribution in [0.15, 0.2) is 12.7 Å². The number of allylic oxidation sites excluding steroid dienone is 1. The molecule has 0 heterocycles. The van der Waals surface area contributed by atoms with E-state index in [1.54, 1.807) is 6.08 Å². The third-order valence-electron chi connectivity index (χ3n) is 1.52. The van der Waals surface area contributed by atoms with E-state index in [0.29, 0.717) is 12.5 Å². The van der Waals surface area contributed by atoms with Gasteiger partial charge in [0.2, 0.25) is 5.91 Å². The van der Waals surface area contributed by atoms with Gasteiger partial charge in [0, 0.05) is 12.5 Å². The van der Waals surface area contributed by atoms with Gasteiger partial charge in [-0.05, 0) is 19.3 Å². The number of amides is 1. The number of hydrogen-bond acceptors (Lipinski definition) is 1. The Morgan fingerprint density at radius 1 is 1.70 bits per heavy atom. The lowest BCUT2D eigenvalue weighted by molar-refractivity contribution is -0.121. The zero-order valence-electron chi connectivity index (χ0n) is 6.10. The zero-order chi connectivity index (χ0) is 7.40. The number of nitrogens with one attached hydrogen (secondary N) is 1. The minimum Gasteiger partial charge on any atom is -0.353 e. The third-order valence-corrected chi connectivity index (χ3v) is 1.52. The summed E-state index contributed by atoms with van der Waals surface area (Å²) in [7, 11) is 0. The average molecular weight is 139 g/mol. The molecule has 2 heteroatoms. The van der Waals surface area contributed by atoms with E-state index in [9.17, 15) is 4.79 Å². The number of carbonyl (C=O) groups is 1. The molecule has 1 N–H and O–H groups in total. The fourth-order valence-corrected chi connectivity index (χ4v) is 0.761. The van der Waals surface area contributed by atoms with E-state index in [0.717, 1.165) is 6.42 Å². The van der Waals surface area contributed by atoms with Crippen molar-refractivity contribution in [1.82, 2.24) is 5.32 Å². The molecule has 0 saturated heterocycles. The Labute approximate surface area is 61.3 Å². The number of hydrogen-bond donors (Lipinski definition) is 1. The van der Waals surface area contributed by atoms with Crippen LogP contribution in [0.5, 0.6) is 0 Å². The van der Waals surface area contributed by atoms with Crippen LogP contribution in [0.1, 0.15) is 25.7 Å². The molecule has 1 aliphatic rings. The summed E-state index contributed by atoms with van der Waals surface area (Å²) in [6.07, 6.45) is 5.49. The van der Waals surface area contributed by atoms with Crippen LogP contribution in [-0.2, 0) is 4.79 Å². The highest BCUT2D eigenvalue weighted by Crippen LogP contribution is 2.18. The van der Waals surface area contributed by atoms with E-state index in [-0.39, 0.29) is 5.91 Å². The summed E-state index contributed by atoms with van der Waals surface area (Å²) < 4.78 is 0. The smallest absolute Gasteiger partial charge is 0.220 e. The fourth-order valence-electron chi connectivity index (χ4n) is 0.761. The second-order valence-electron chi connectivity index (χ2n) is 2.67. The second kappa shape index (κ2) is 3.40. The van der Waals surface area contributed by atoms with Crippen LogP contribution in [-0.4, -0.2) is 11.9 Å². The highest BCUT2D eigenvalue weighted by atomic mass is 16.1. The normalized spacial score (nSPS) is 16.4. The van der Waals surface area contributed by atoms with Gasteiger partial charge in [-0.25, -0.2) is 0 Å². The summed E-state index contributed by atoms with van der Waals surface area (Å²) in [5.41, 5.74) is 0.